The monoisotopic (exact) mass is 299 g/mol. The summed E-state index contributed by atoms with van der Waals surface area (Å²) in [4.78, 5) is 13.8. The van der Waals surface area contributed by atoms with Crippen molar-refractivity contribution < 1.29 is 9.53 Å². The highest BCUT2D eigenvalue weighted by Crippen LogP contribution is 2.34. The maximum atomic E-state index is 11.8. The average Bonchev–Trinajstić information content (AvgIpc) is 2.80. The van der Waals surface area contributed by atoms with Crippen LogP contribution in [0.5, 0.6) is 0 Å². The molecule has 1 saturated heterocycles. The second-order valence-corrected chi connectivity index (χ2v) is 5.41. The molecule has 5 nitrogen and oxygen atoms in total. The Morgan fingerprint density at radius 3 is 3.21 bits per heavy atom. The number of nitriles is 1. The zero-order chi connectivity index (χ0) is 13.8. The number of piperidine rings is 1. The predicted molar refractivity (Wildman–Crippen MR) is 73.4 cm³/mol. The maximum Gasteiger partial charge on any atom is 0.310 e. The van der Waals surface area contributed by atoms with E-state index in [9.17, 15) is 4.79 Å². The van der Waals surface area contributed by atoms with Crippen LogP contribution in [0.1, 0.15) is 25.3 Å². The molecule has 0 spiro atoms. The van der Waals surface area contributed by atoms with Gasteiger partial charge in [0.1, 0.15) is 16.6 Å². The number of hydrogen-bond donors (Lipinski definition) is 0. The lowest BCUT2D eigenvalue weighted by Crippen LogP contribution is -2.39. The minimum Gasteiger partial charge on any atom is -0.466 e. The van der Waals surface area contributed by atoms with Crippen LogP contribution in [-0.4, -0.2) is 30.0 Å². The van der Waals surface area contributed by atoms with E-state index in [-0.39, 0.29) is 17.0 Å². The fourth-order valence-corrected chi connectivity index (χ4v) is 3.25. The molecule has 1 aliphatic heterocycles. The number of esters is 1. The van der Waals surface area contributed by atoms with Crippen molar-refractivity contribution in [1.29, 1.82) is 5.26 Å². The summed E-state index contributed by atoms with van der Waals surface area (Å²) in [6.45, 7) is 3.57. The molecule has 0 radical (unpaired) electrons. The molecule has 0 bridgehead atoms. The van der Waals surface area contributed by atoms with Crippen LogP contribution >= 0.6 is 23.1 Å². The van der Waals surface area contributed by atoms with E-state index in [0.29, 0.717) is 18.7 Å². The Morgan fingerprint density at radius 1 is 1.74 bits per heavy atom. The van der Waals surface area contributed by atoms with Crippen LogP contribution in [-0.2, 0) is 9.53 Å². The van der Waals surface area contributed by atoms with Crippen LogP contribution in [0, 0.1) is 17.2 Å². The second kappa shape index (κ2) is 6.22. The number of ether oxygens (including phenoxy) is 1. The van der Waals surface area contributed by atoms with Crippen molar-refractivity contribution in [3.05, 3.63) is 10.7 Å². The van der Waals surface area contributed by atoms with Crippen molar-refractivity contribution in [2.75, 3.05) is 24.6 Å². The van der Waals surface area contributed by atoms with Crippen LogP contribution in [0.4, 0.5) is 5.00 Å². The highest BCUT2D eigenvalue weighted by atomic mass is 35.5. The number of anilines is 1. The number of hydrogen-bond acceptors (Lipinski definition) is 6. The highest BCUT2D eigenvalue weighted by Gasteiger charge is 2.29. The average molecular weight is 300 g/mol. The Hall–Kier alpha value is -1.32. The minimum absolute atomic E-state index is 0.138. The summed E-state index contributed by atoms with van der Waals surface area (Å²) < 4.78 is 9.05. The fraction of sp³-hybridized carbons (Fsp3) is 0.583. The van der Waals surface area contributed by atoms with Gasteiger partial charge in [-0.05, 0) is 31.3 Å². The third-order valence-electron chi connectivity index (χ3n) is 3.07. The molecule has 0 N–H and O–H groups in total. The Morgan fingerprint density at radius 2 is 2.53 bits per heavy atom. The number of aromatic nitrogens is 1. The molecule has 7 heteroatoms. The third kappa shape index (κ3) is 2.99. The third-order valence-corrected chi connectivity index (χ3v) is 4.36. The summed E-state index contributed by atoms with van der Waals surface area (Å²) in [5.41, 5.74) is 0.399. The van der Waals surface area contributed by atoms with E-state index in [1.54, 1.807) is 6.92 Å². The molecular weight excluding hydrogens is 286 g/mol. The van der Waals surface area contributed by atoms with Crippen LogP contribution in [0.15, 0.2) is 0 Å². The van der Waals surface area contributed by atoms with Gasteiger partial charge in [-0.25, -0.2) is 0 Å². The summed E-state index contributed by atoms with van der Waals surface area (Å²) >= 11 is 7.08. The maximum absolute atomic E-state index is 11.8. The Labute approximate surface area is 120 Å². The molecule has 0 unspecified atom stereocenters. The SMILES string of the molecule is CCOC(=O)[C@H]1CCCN(c2snc(Cl)c2C#N)C1. The zero-order valence-electron chi connectivity index (χ0n) is 10.6. The smallest absolute Gasteiger partial charge is 0.310 e. The van der Waals surface area contributed by atoms with Crippen molar-refractivity contribution in [3.63, 3.8) is 0 Å². The summed E-state index contributed by atoms with van der Waals surface area (Å²) in [6, 6.07) is 2.07. The molecule has 1 atom stereocenters. The van der Waals surface area contributed by atoms with E-state index >= 15 is 0 Å². The van der Waals surface area contributed by atoms with Gasteiger partial charge in [0, 0.05) is 13.1 Å². The summed E-state index contributed by atoms with van der Waals surface area (Å²) in [6.07, 6.45) is 1.72. The first-order chi connectivity index (χ1) is 9.17. The highest BCUT2D eigenvalue weighted by molar-refractivity contribution is 7.10. The first-order valence-corrected chi connectivity index (χ1v) is 7.29. The lowest BCUT2D eigenvalue weighted by Gasteiger charge is -2.31. The minimum atomic E-state index is -0.165. The van der Waals surface area contributed by atoms with Crippen LogP contribution in [0.3, 0.4) is 0 Å². The second-order valence-electron chi connectivity index (χ2n) is 4.30. The Balaban J connectivity index is 2.13. The number of halogens is 1. The van der Waals surface area contributed by atoms with Gasteiger partial charge in [-0.15, -0.1) is 0 Å². The molecule has 1 aromatic heterocycles. The van der Waals surface area contributed by atoms with E-state index in [2.05, 4.69) is 10.4 Å². The lowest BCUT2D eigenvalue weighted by atomic mass is 9.98. The molecule has 2 heterocycles. The molecule has 0 aromatic carbocycles. The van der Waals surface area contributed by atoms with Gasteiger partial charge >= 0.3 is 5.97 Å². The first-order valence-electron chi connectivity index (χ1n) is 6.14. The van der Waals surface area contributed by atoms with Gasteiger partial charge in [0.2, 0.25) is 0 Å². The van der Waals surface area contributed by atoms with E-state index in [1.165, 1.54) is 11.5 Å². The van der Waals surface area contributed by atoms with E-state index in [4.69, 9.17) is 21.6 Å². The molecular formula is C12H14ClN3O2S. The molecule has 0 amide bonds. The van der Waals surface area contributed by atoms with Crippen molar-refractivity contribution in [3.8, 4) is 6.07 Å². The van der Waals surface area contributed by atoms with Gasteiger partial charge in [-0.3, -0.25) is 4.79 Å². The summed E-state index contributed by atoms with van der Waals surface area (Å²) in [7, 11) is 0. The quantitative estimate of drug-likeness (QED) is 0.802. The molecule has 102 valence electrons. The lowest BCUT2D eigenvalue weighted by molar-refractivity contribution is -0.148. The van der Waals surface area contributed by atoms with Crippen molar-refractivity contribution >= 4 is 34.1 Å². The largest absolute Gasteiger partial charge is 0.466 e. The number of carbonyl (C=O) groups excluding carboxylic acids is 1. The Kier molecular flexibility index (Phi) is 4.61. The topological polar surface area (TPSA) is 66.2 Å². The van der Waals surface area contributed by atoms with Gasteiger partial charge in [0.25, 0.3) is 0 Å². The predicted octanol–water partition coefficient (Wildman–Crippen LogP) is 2.45. The van der Waals surface area contributed by atoms with Gasteiger partial charge in [0.05, 0.1) is 12.5 Å². The molecule has 2 rings (SSSR count). The standard InChI is InChI=1S/C12H14ClN3O2S/c1-2-18-12(17)8-4-3-5-16(7-8)11-9(6-14)10(13)15-19-11/h8H,2-5,7H2,1H3/t8-/m0/s1. The normalized spacial score (nSPS) is 19.0. The summed E-state index contributed by atoms with van der Waals surface area (Å²) in [5, 5.41) is 10.1. The van der Waals surface area contributed by atoms with Gasteiger partial charge in [0.15, 0.2) is 5.15 Å². The van der Waals surface area contributed by atoms with Gasteiger partial charge in [-0.2, -0.15) is 9.64 Å². The van der Waals surface area contributed by atoms with Crippen molar-refractivity contribution in [2.45, 2.75) is 19.8 Å². The van der Waals surface area contributed by atoms with Gasteiger partial charge in [-0.1, -0.05) is 11.6 Å². The zero-order valence-corrected chi connectivity index (χ0v) is 12.1. The molecule has 0 saturated carbocycles. The molecule has 1 aromatic rings. The first kappa shape index (κ1) is 14.1. The number of carbonyl (C=O) groups is 1. The van der Waals surface area contributed by atoms with Crippen LogP contribution in [0.2, 0.25) is 5.15 Å². The van der Waals surface area contributed by atoms with Gasteiger partial charge < -0.3 is 9.64 Å². The van der Waals surface area contributed by atoms with Crippen molar-refractivity contribution in [2.24, 2.45) is 5.92 Å². The molecule has 1 aliphatic rings. The fourth-order valence-electron chi connectivity index (χ4n) is 2.19. The molecule has 1 fully saturated rings. The van der Waals surface area contributed by atoms with Crippen molar-refractivity contribution in [1.82, 2.24) is 4.37 Å². The van der Waals surface area contributed by atoms with Crippen LogP contribution in [0.25, 0.3) is 0 Å². The van der Waals surface area contributed by atoms with E-state index < -0.39 is 0 Å². The number of nitrogens with zero attached hydrogens (tertiary/aromatic N) is 3. The molecule has 19 heavy (non-hydrogen) atoms. The molecule has 0 aliphatic carbocycles. The Bertz CT molecular complexity index is 512. The number of rotatable bonds is 3. The van der Waals surface area contributed by atoms with E-state index in [0.717, 1.165) is 24.4 Å². The summed E-state index contributed by atoms with van der Waals surface area (Å²) in [5.74, 6) is -0.303. The van der Waals surface area contributed by atoms with E-state index in [1.807, 2.05) is 4.90 Å². The van der Waals surface area contributed by atoms with Crippen LogP contribution < -0.4 is 4.90 Å².